The molecule has 0 spiro atoms. The van der Waals surface area contributed by atoms with Crippen LogP contribution in [0.5, 0.6) is 11.5 Å². The number of ether oxygens (including phenoxy) is 2. The number of carbonyl (C=O) groups is 2. The molecule has 3 aromatic rings. The zero-order valence-corrected chi connectivity index (χ0v) is 23.8. The van der Waals surface area contributed by atoms with Crippen molar-refractivity contribution in [1.82, 2.24) is 4.90 Å². The van der Waals surface area contributed by atoms with Crippen molar-refractivity contribution < 1.29 is 19.1 Å². The molecule has 0 radical (unpaired) electrons. The summed E-state index contributed by atoms with van der Waals surface area (Å²) in [5.41, 5.74) is 2.64. The molecule has 3 aromatic carbocycles. The average molecular weight is 530 g/mol. The highest BCUT2D eigenvalue weighted by molar-refractivity contribution is 5.97. The molecule has 7 nitrogen and oxygen atoms in total. The van der Waals surface area contributed by atoms with E-state index in [9.17, 15) is 9.59 Å². The highest BCUT2D eigenvalue weighted by atomic mass is 16.5. The topological polar surface area (TPSA) is 71.1 Å². The molecule has 39 heavy (non-hydrogen) atoms. The van der Waals surface area contributed by atoms with Crippen LogP contribution in [0.3, 0.4) is 0 Å². The van der Waals surface area contributed by atoms with E-state index in [1.54, 1.807) is 45.2 Å². The minimum Gasteiger partial charge on any atom is -0.497 e. The molecular formula is C32H39N3O4. The Bertz CT molecular complexity index is 1270. The first kappa shape index (κ1) is 28.0. The van der Waals surface area contributed by atoms with Crippen LogP contribution in [0.2, 0.25) is 0 Å². The summed E-state index contributed by atoms with van der Waals surface area (Å²) in [6, 6.07) is 22.9. The van der Waals surface area contributed by atoms with E-state index < -0.39 is 5.60 Å². The smallest absolute Gasteiger partial charge is 0.267 e. The number of hydrogen-bond acceptors (Lipinski definition) is 5. The standard InChI is InChI=1S/C32H39N3O4/c1-31(2,3)24-9-17-28(18-10-24)39-32(4,5)30(37)33-25-11-13-26(14-12-25)34-19-21-35(22-20-34)29(36)23-7-15-27(38-6)16-8-23/h7-18H,19-22H2,1-6H3,(H,33,37). The third kappa shape index (κ3) is 6.91. The molecule has 1 fully saturated rings. The van der Waals surface area contributed by atoms with Crippen LogP contribution in [0.1, 0.15) is 50.5 Å². The molecule has 0 saturated carbocycles. The van der Waals surface area contributed by atoms with Gasteiger partial charge in [0.05, 0.1) is 7.11 Å². The number of anilines is 2. The number of carbonyl (C=O) groups excluding carboxylic acids is 2. The summed E-state index contributed by atoms with van der Waals surface area (Å²) in [4.78, 5) is 30.0. The molecule has 7 heteroatoms. The van der Waals surface area contributed by atoms with Gasteiger partial charge in [0.2, 0.25) is 0 Å². The van der Waals surface area contributed by atoms with Crippen molar-refractivity contribution in [1.29, 1.82) is 0 Å². The van der Waals surface area contributed by atoms with E-state index in [4.69, 9.17) is 9.47 Å². The van der Waals surface area contributed by atoms with Gasteiger partial charge in [0.1, 0.15) is 11.5 Å². The maximum Gasteiger partial charge on any atom is 0.267 e. The molecule has 0 atom stereocenters. The van der Waals surface area contributed by atoms with E-state index in [1.807, 2.05) is 53.4 Å². The number of rotatable bonds is 7. The number of methoxy groups -OCH3 is 1. The Morgan fingerprint density at radius 2 is 1.31 bits per heavy atom. The van der Waals surface area contributed by atoms with Crippen LogP contribution in [0.4, 0.5) is 11.4 Å². The van der Waals surface area contributed by atoms with Crippen LogP contribution < -0.4 is 19.7 Å². The van der Waals surface area contributed by atoms with Crippen LogP contribution in [0.15, 0.2) is 72.8 Å². The highest BCUT2D eigenvalue weighted by Gasteiger charge is 2.30. The van der Waals surface area contributed by atoms with E-state index in [-0.39, 0.29) is 17.2 Å². The summed E-state index contributed by atoms with van der Waals surface area (Å²) in [7, 11) is 1.61. The number of nitrogens with zero attached hydrogens (tertiary/aromatic N) is 2. The average Bonchev–Trinajstić information content (AvgIpc) is 2.93. The predicted molar refractivity (Wildman–Crippen MR) is 156 cm³/mol. The SMILES string of the molecule is COc1ccc(C(=O)N2CCN(c3ccc(NC(=O)C(C)(C)Oc4ccc(C(C)(C)C)cc4)cc3)CC2)cc1. The van der Waals surface area contributed by atoms with Gasteiger partial charge in [-0.1, -0.05) is 32.9 Å². The number of hydrogen-bond donors (Lipinski definition) is 1. The molecule has 0 bridgehead atoms. The number of amides is 2. The summed E-state index contributed by atoms with van der Waals surface area (Å²) in [6.45, 7) is 12.8. The second kappa shape index (κ2) is 11.4. The zero-order valence-electron chi connectivity index (χ0n) is 23.8. The molecule has 1 aliphatic heterocycles. The zero-order chi connectivity index (χ0) is 28.2. The van der Waals surface area contributed by atoms with Gasteiger partial charge in [-0.25, -0.2) is 0 Å². The molecule has 0 aromatic heterocycles. The van der Waals surface area contributed by atoms with Crippen molar-refractivity contribution >= 4 is 23.2 Å². The Labute approximate surface area is 231 Å². The van der Waals surface area contributed by atoms with Gasteiger partial charge in [-0.15, -0.1) is 0 Å². The van der Waals surface area contributed by atoms with E-state index in [0.29, 0.717) is 30.1 Å². The van der Waals surface area contributed by atoms with Gasteiger partial charge in [-0.3, -0.25) is 9.59 Å². The first-order chi connectivity index (χ1) is 18.5. The first-order valence-electron chi connectivity index (χ1n) is 13.4. The first-order valence-corrected chi connectivity index (χ1v) is 13.4. The maximum atomic E-state index is 13.0. The fraction of sp³-hybridized carbons (Fsp3) is 0.375. The van der Waals surface area contributed by atoms with Crippen molar-refractivity contribution in [2.75, 3.05) is 43.5 Å². The highest BCUT2D eigenvalue weighted by Crippen LogP contribution is 2.27. The molecule has 4 rings (SSSR count). The lowest BCUT2D eigenvalue weighted by Crippen LogP contribution is -2.48. The van der Waals surface area contributed by atoms with Crippen LogP contribution in [0.25, 0.3) is 0 Å². The van der Waals surface area contributed by atoms with Crippen molar-refractivity contribution in [3.05, 3.63) is 83.9 Å². The lowest BCUT2D eigenvalue weighted by molar-refractivity contribution is -0.128. The molecule has 1 heterocycles. The Balaban J connectivity index is 1.30. The summed E-state index contributed by atoms with van der Waals surface area (Å²) in [6.07, 6.45) is 0. The molecule has 1 saturated heterocycles. The Kier molecular flexibility index (Phi) is 8.19. The van der Waals surface area contributed by atoms with Gasteiger partial charge < -0.3 is 24.6 Å². The van der Waals surface area contributed by atoms with Crippen molar-refractivity contribution in [3.63, 3.8) is 0 Å². The van der Waals surface area contributed by atoms with Crippen molar-refractivity contribution in [2.45, 2.75) is 45.6 Å². The summed E-state index contributed by atoms with van der Waals surface area (Å²) < 4.78 is 11.2. The van der Waals surface area contributed by atoms with Gasteiger partial charge in [0, 0.05) is 43.1 Å². The molecule has 0 aliphatic carbocycles. The van der Waals surface area contributed by atoms with Crippen molar-refractivity contribution in [2.24, 2.45) is 0 Å². The minimum atomic E-state index is -1.05. The van der Waals surface area contributed by atoms with E-state index in [2.05, 4.69) is 31.0 Å². The van der Waals surface area contributed by atoms with E-state index in [0.717, 1.165) is 24.5 Å². The van der Waals surface area contributed by atoms with Gasteiger partial charge in [-0.2, -0.15) is 0 Å². The molecule has 1 N–H and O–H groups in total. The third-order valence-corrected chi connectivity index (χ3v) is 7.03. The Morgan fingerprint density at radius 1 is 0.744 bits per heavy atom. The van der Waals surface area contributed by atoms with Gasteiger partial charge in [0.25, 0.3) is 11.8 Å². The van der Waals surface area contributed by atoms with Crippen LogP contribution in [-0.2, 0) is 10.2 Å². The summed E-state index contributed by atoms with van der Waals surface area (Å²) in [5.74, 6) is 1.20. The van der Waals surface area contributed by atoms with Crippen LogP contribution in [-0.4, -0.2) is 55.6 Å². The third-order valence-electron chi connectivity index (χ3n) is 7.03. The van der Waals surface area contributed by atoms with Crippen molar-refractivity contribution in [3.8, 4) is 11.5 Å². The lowest BCUT2D eigenvalue weighted by atomic mass is 9.87. The van der Waals surface area contributed by atoms with E-state index in [1.165, 1.54) is 5.56 Å². The number of benzene rings is 3. The predicted octanol–water partition coefficient (Wildman–Crippen LogP) is 5.75. The molecule has 2 amide bonds. The Hall–Kier alpha value is -4.00. The second-order valence-corrected chi connectivity index (χ2v) is 11.4. The second-order valence-electron chi connectivity index (χ2n) is 11.4. The fourth-order valence-corrected chi connectivity index (χ4v) is 4.49. The van der Waals surface area contributed by atoms with Gasteiger partial charge >= 0.3 is 0 Å². The molecular weight excluding hydrogens is 490 g/mol. The quantitative estimate of drug-likeness (QED) is 0.422. The van der Waals surface area contributed by atoms with Crippen LogP contribution in [0, 0.1) is 0 Å². The minimum absolute atomic E-state index is 0.0327. The Morgan fingerprint density at radius 3 is 1.85 bits per heavy atom. The van der Waals surface area contributed by atoms with E-state index >= 15 is 0 Å². The number of piperazine rings is 1. The molecule has 1 aliphatic rings. The van der Waals surface area contributed by atoms with Gasteiger partial charge in [-0.05, 0) is 85.5 Å². The van der Waals surface area contributed by atoms with Gasteiger partial charge in [0.15, 0.2) is 5.60 Å². The maximum absolute atomic E-state index is 13.0. The largest absolute Gasteiger partial charge is 0.497 e. The normalized spacial score (nSPS) is 14.1. The summed E-state index contributed by atoms with van der Waals surface area (Å²) >= 11 is 0. The number of nitrogens with one attached hydrogen (secondary N) is 1. The monoisotopic (exact) mass is 529 g/mol. The molecule has 206 valence electrons. The fourth-order valence-electron chi connectivity index (χ4n) is 4.49. The lowest BCUT2D eigenvalue weighted by Gasteiger charge is -2.36. The van der Waals surface area contributed by atoms with Crippen LogP contribution >= 0.6 is 0 Å². The molecule has 0 unspecified atom stereocenters. The summed E-state index contributed by atoms with van der Waals surface area (Å²) in [5, 5.41) is 2.97.